The van der Waals surface area contributed by atoms with Gasteiger partial charge in [0.2, 0.25) is 5.89 Å². The molecule has 1 fully saturated rings. The third kappa shape index (κ3) is 7.11. The van der Waals surface area contributed by atoms with Crippen molar-refractivity contribution in [3.63, 3.8) is 0 Å². The summed E-state index contributed by atoms with van der Waals surface area (Å²) < 4.78 is 5.32. The molecule has 1 heterocycles. The minimum Gasteiger partial charge on any atom is -0.357 e. The van der Waals surface area contributed by atoms with Crippen LogP contribution in [0.3, 0.4) is 0 Å². The number of guanidine groups is 1. The molecule has 7 heteroatoms. The van der Waals surface area contributed by atoms with Crippen molar-refractivity contribution in [2.24, 2.45) is 10.4 Å². The summed E-state index contributed by atoms with van der Waals surface area (Å²) in [6, 6.07) is 0.492. The Morgan fingerprint density at radius 2 is 1.92 bits per heavy atom. The second-order valence-corrected chi connectivity index (χ2v) is 8.54. The van der Waals surface area contributed by atoms with Crippen molar-refractivity contribution < 1.29 is 4.52 Å². The Balaban J connectivity index is 0.00000312. The molecular formula is C18H34IN5O. The minimum absolute atomic E-state index is 0. The lowest BCUT2D eigenvalue weighted by Gasteiger charge is -2.35. The Morgan fingerprint density at radius 1 is 1.28 bits per heavy atom. The summed E-state index contributed by atoms with van der Waals surface area (Å²) in [4.78, 5) is 9.06. The molecule has 2 N–H and O–H groups in total. The summed E-state index contributed by atoms with van der Waals surface area (Å²) in [6.45, 7) is 14.2. The molecule has 0 spiro atoms. The molecule has 1 aliphatic carbocycles. The molecule has 1 aromatic heterocycles. The van der Waals surface area contributed by atoms with Crippen LogP contribution >= 0.6 is 24.0 Å². The van der Waals surface area contributed by atoms with Crippen molar-refractivity contribution in [1.82, 2.24) is 20.8 Å². The van der Waals surface area contributed by atoms with Crippen LogP contribution in [-0.2, 0) is 12.0 Å². The van der Waals surface area contributed by atoms with Crippen LogP contribution in [0.5, 0.6) is 0 Å². The van der Waals surface area contributed by atoms with Gasteiger partial charge in [0.15, 0.2) is 11.8 Å². The van der Waals surface area contributed by atoms with Crippen molar-refractivity contribution in [2.75, 3.05) is 6.54 Å². The van der Waals surface area contributed by atoms with Gasteiger partial charge in [0, 0.05) is 18.0 Å². The number of rotatable bonds is 4. The van der Waals surface area contributed by atoms with E-state index in [1.54, 1.807) is 0 Å². The fourth-order valence-corrected chi connectivity index (χ4v) is 2.83. The maximum Gasteiger partial charge on any atom is 0.232 e. The van der Waals surface area contributed by atoms with Crippen molar-refractivity contribution in [2.45, 2.75) is 85.2 Å². The maximum atomic E-state index is 5.32. The van der Waals surface area contributed by atoms with E-state index in [0.29, 0.717) is 29.7 Å². The highest BCUT2D eigenvalue weighted by Crippen LogP contribution is 2.34. The van der Waals surface area contributed by atoms with E-state index in [0.717, 1.165) is 12.5 Å². The number of hydrogen-bond acceptors (Lipinski definition) is 4. The van der Waals surface area contributed by atoms with Gasteiger partial charge in [-0.3, -0.25) is 0 Å². The Bertz CT molecular complexity index is 552. The summed E-state index contributed by atoms with van der Waals surface area (Å²) in [6.07, 6.45) is 4.88. The Labute approximate surface area is 169 Å². The standard InChI is InChI=1S/C18H33N5O.HI/c1-7-19-16(21-13-8-10-18(5,6)11-9-13)20-12-14-22-15(24-23-14)17(2,3)4;/h13H,7-12H2,1-6H3,(H2,19,20,21);1H. The first-order valence-electron chi connectivity index (χ1n) is 9.07. The Kier molecular flexibility index (Phi) is 8.15. The number of aliphatic imine (C=N–C) groups is 1. The summed E-state index contributed by atoms with van der Waals surface area (Å²) in [5.74, 6) is 2.12. The van der Waals surface area contributed by atoms with E-state index in [4.69, 9.17) is 4.52 Å². The topological polar surface area (TPSA) is 75.3 Å². The van der Waals surface area contributed by atoms with E-state index in [1.807, 2.05) is 0 Å². The van der Waals surface area contributed by atoms with Gasteiger partial charge in [-0.25, -0.2) is 4.99 Å². The van der Waals surface area contributed by atoms with Crippen LogP contribution in [0.4, 0.5) is 0 Å². The molecule has 2 rings (SSSR count). The molecule has 1 aliphatic rings. The predicted octanol–water partition coefficient (Wildman–Crippen LogP) is 4.01. The largest absolute Gasteiger partial charge is 0.357 e. The molecule has 25 heavy (non-hydrogen) atoms. The van der Waals surface area contributed by atoms with Crippen molar-refractivity contribution in [3.8, 4) is 0 Å². The smallest absolute Gasteiger partial charge is 0.232 e. The third-order valence-corrected chi connectivity index (χ3v) is 4.51. The van der Waals surface area contributed by atoms with Gasteiger partial charge in [0.05, 0.1) is 0 Å². The summed E-state index contributed by atoms with van der Waals surface area (Å²) in [5.41, 5.74) is 0.342. The van der Waals surface area contributed by atoms with Crippen LogP contribution in [0.1, 0.15) is 78.9 Å². The number of nitrogens with one attached hydrogen (secondary N) is 2. The number of halogens is 1. The molecular weight excluding hydrogens is 429 g/mol. The second-order valence-electron chi connectivity index (χ2n) is 8.54. The molecule has 0 saturated heterocycles. The molecule has 0 bridgehead atoms. The Hall–Kier alpha value is -0.860. The fourth-order valence-electron chi connectivity index (χ4n) is 2.83. The average Bonchev–Trinajstić information content (AvgIpc) is 2.96. The van der Waals surface area contributed by atoms with Crippen molar-refractivity contribution >= 4 is 29.9 Å². The molecule has 0 unspecified atom stereocenters. The minimum atomic E-state index is -0.132. The molecule has 0 amide bonds. The van der Waals surface area contributed by atoms with Crippen LogP contribution < -0.4 is 10.6 Å². The molecule has 0 aromatic carbocycles. The first-order chi connectivity index (χ1) is 11.2. The third-order valence-electron chi connectivity index (χ3n) is 4.51. The quantitative estimate of drug-likeness (QED) is 0.401. The molecule has 144 valence electrons. The van der Waals surface area contributed by atoms with Gasteiger partial charge in [-0.2, -0.15) is 4.98 Å². The van der Waals surface area contributed by atoms with Gasteiger partial charge in [-0.1, -0.05) is 39.8 Å². The van der Waals surface area contributed by atoms with E-state index >= 15 is 0 Å². The summed E-state index contributed by atoms with van der Waals surface area (Å²) in [5, 5.41) is 10.9. The van der Waals surface area contributed by atoms with Crippen LogP contribution in [0.2, 0.25) is 0 Å². The lowest BCUT2D eigenvalue weighted by atomic mass is 9.75. The van der Waals surface area contributed by atoms with E-state index in [1.165, 1.54) is 25.7 Å². The van der Waals surface area contributed by atoms with Gasteiger partial charge < -0.3 is 15.2 Å². The van der Waals surface area contributed by atoms with E-state index in [-0.39, 0.29) is 29.4 Å². The lowest BCUT2D eigenvalue weighted by Crippen LogP contribution is -2.45. The van der Waals surface area contributed by atoms with E-state index in [9.17, 15) is 0 Å². The number of nitrogens with zero attached hydrogens (tertiary/aromatic N) is 3. The highest BCUT2D eigenvalue weighted by Gasteiger charge is 2.27. The van der Waals surface area contributed by atoms with Crippen molar-refractivity contribution in [3.05, 3.63) is 11.7 Å². The second kappa shape index (κ2) is 9.19. The lowest BCUT2D eigenvalue weighted by molar-refractivity contribution is 0.216. The van der Waals surface area contributed by atoms with E-state index < -0.39 is 0 Å². The molecule has 0 atom stereocenters. The monoisotopic (exact) mass is 463 g/mol. The van der Waals surface area contributed by atoms with Gasteiger partial charge in [-0.15, -0.1) is 24.0 Å². The summed E-state index contributed by atoms with van der Waals surface area (Å²) >= 11 is 0. The normalized spacial score (nSPS) is 18.6. The molecule has 6 nitrogen and oxygen atoms in total. The van der Waals surface area contributed by atoms with Crippen LogP contribution in [-0.4, -0.2) is 28.7 Å². The fraction of sp³-hybridized carbons (Fsp3) is 0.833. The predicted molar refractivity (Wildman–Crippen MR) is 112 cm³/mol. The van der Waals surface area contributed by atoms with Gasteiger partial charge in [0.1, 0.15) is 6.54 Å². The molecule has 0 aliphatic heterocycles. The number of hydrogen-bond donors (Lipinski definition) is 2. The zero-order valence-corrected chi connectivity index (χ0v) is 18.8. The molecule has 1 aromatic rings. The maximum absolute atomic E-state index is 5.32. The molecule has 1 saturated carbocycles. The van der Waals surface area contributed by atoms with Crippen LogP contribution in [0.25, 0.3) is 0 Å². The summed E-state index contributed by atoms with van der Waals surface area (Å²) in [7, 11) is 0. The highest BCUT2D eigenvalue weighted by molar-refractivity contribution is 14.0. The zero-order chi connectivity index (χ0) is 17.8. The zero-order valence-electron chi connectivity index (χ0n) is 16.5. The van der Waals surface area contributed by atoms with E-state index in [2.05, 4.69) is 67.3 Å². The Morgan fingerprint density at radius 3 is 2.44 bits per heavy atom. The van der Waals surface area contributed by atoms with Gasteiger partial charge >= 0.3 is 0 Å². The average molecular weight is 463 g/mol. The first kappa shape index (κ1) is 22.2. The highest BCUT2D eigenvalue weighted by atomic mass is 127. The number of aromatic nitrogens is 2. The SMILES string of the molecule is CCNC(=NCc1noc(C(C)(C)C)n1)NC1CCC(C)(C)CC1.I. The van der Waals surface area contributed by atoms with Gasteiger partial charge in [-0.05, 0) is 38.0 Å². The van der Waals surface area contributed by atoms with Gasteiger partial charge in [0.25, 0.3) is 0 Å². The van der Waals surface area contributed by atoms with Crippen LogP contribution in [0, 0.1) is 5.41 Å². The first-order valence-corrected chi connectivity index (χ1v) is 9.07. The van der Waals surface area contributed by atoms with Crippen molar-refractivity contribution in [1.29, 1.82) is 0 Å². The van der Waals surface area contributed by atoms with Crippen LogP contribution in [0.15, 0.2) is 9.52 Å². The molecule has 0 radical (unpaired) electrons.